The van der Waals surface area contributed by atoms with E-state index < -0.39 is 17.7 Å². The summed E-state index contributed by atoms with van der Waals surface area (Å²) in [7, 11) is 0. The Kier molecular flexibility index (Phi) is 2.94. The van der Waals surface area contributed by atoms with Gasteiger partial charge in [0.05, 0.1) is 6.26 Å². The summed E-state index contributed by atoms with van der Waals surface area (Å²) in [6.07, 6.45) is 2.84. The molecular weight excluding hydrogens is 274 g/mol. The summed E-state index contributed by atoms with van der Waals surface area (Å²) >= 11 is 0. The monoisotopic (exact) mass is 287 g/mol. The third-order valence-electron chi connectivity index (χ3n) is 2.98. The highest BCUT2D eigenvalue weighted by Gasteiger charge is 2.38. The van der Waals surface area contributed by atoms with E-state index in [1.807, 2.05) is 6.07 Å². The van der Waals surface area contributed by atoms with Gasteiger partial charge in [-0.25, -0.2) is 9.59 Å². The summed E-state index contributed by atoms with van der Waals surface area (Å²) in [5.74, 6) is -2.68. The average Bonchev–Trinajstić information content (AvgIpc) is 2.85. The first-order valence-corrected chi connectivity index (χ1v) is 6.36. The van der Waals surface area contributed by atoms with Crippen LogP contribution in [0.4, 0.5) is 5.69 Å². The molecule has 0 spiro atoms. The third-order valence-corrected chi connectivity index (χ3v) is 2.98. The molecule has 0 bridgehead atoms. The van der Waals surface area contributed by atoms with Crippen molar-refractivity contribution in [3.8, 4) is 0 Å². The fourth-order valence-corrected chi connectivity index (χ4v) is 2.05. The van der Waals surface area contributed by atoms with Crippen LogP contribution in [0.1, 0.15) is 13.8 Å². The van der Waals surface area contributed by atoms with Crippen molar-refractivity contribution in [3.05, 3.63) is 42.3 Å². The number of benzene rings is 1. The topological polar surface area (TPSA) is 77.8 Å². The fourth-order valence-electron chi connectivity index (χ4n) is 2.05. The zero-order chi connectivity index (χ0) is 15.0. The van der Waals surface area contributed by atoms with E-state index in [9.17, 15) is 9.59 Å². The normalized spacial score (nSPS) is 17.3. The first kappa shape index (κ1) is 13.2. The van der Waals surface area contributed by atoms with Crippen LogP contribution in [0, 0.1) is 0 Å². The molecule has 0 aliphatic carbocycles. The van der Waals surface area contributed by atoms with Crippen molar-refractivity contribution in [2.24, 2.45) is 0 Å². The molecule has 2 heterocycles. The van der Waals surface area contributed by atoms with Crippen LogP contribution in [0.3, 0.4) is 0 Å². The molecule has 0 atom stereocenters. The lowest BCUT2D eigenvalue weighted by Gasteiger charge is -2.29. The molecule has 1 aromatic carbocycles. The molecule has 1 saturated heterocycles. The van der Waals surface area contributed by atoms with Crippen molar-refractivity contribution < 1.29 is 23.5 Å². The quantitative estimate of drug-likeness (QED) is 0.519. The van der Waals surface area contributed by atoms with Gasteiger partial charge in [0.25, 0.3) is 5.79 Å². The maximum absolute atomic E-state index is 11.8. The molecule has 21 heavy (non-hydrogen) atoms. The summed E-state index contributed by atoms with van der Waals surface area (Å²) in [6, 6.07) is 7.21. The number of rotatable bonds is 2. The highest BCUT2D eigenvalue weighted by atomic mass is 16.7. The molecule has 0 amide bonds. The molecule has 0 radical (unpaired) electrons. The number of anilines is 1. The van der Waals surface area contributed by atoms with Crippen molar-refractivity contribution in [2.45, 2.75) is 19.6 Å². The van der Waals surface area contributed by atoms with Crippen molar-refractivity contribution in [1.82, 2.24) is 0 Å². The van der Waals surface area contributed by atoms with Gasteiger partial charge in [-0.1, -0.05) is 6.07 Å². The molecule has 6 nitrogen and oxygen atoms in total. The van der Waals surface area contributed by atoms with Crippen LogP contribution in [0.25, 0.3) is 11.0 Å². The van der Waals surface area contributed by atoms with Crippen molar-refractivity contribution in [2.75, 3.05) is 5.32 Å². The van der Waals surface area contributed by atoms with Gasteiger partial charge in [-0.15, -0.1) is 0 Å². The highest BCUT2D eigenvalue weighted by molar-refractivity contribution is 6.15. The Balaban J connectivity index is 1.88. The average molecular weight is 287 g/mol. The molecule has 1 fully saturated rings. The molecule has 108 valence electrons. The maximum Gasteiger partial charge on any atom is 0.350 e. The van der Waals surface area contributed by atoms with Gasteiger partial charge in [0.2, 0.25) is 0 Å². The van der Waals surface area contributed by atoms with Crippen LogP contribution in [0.15, 0.2) is 46.7 Å². The van der Waals surface area contributed by atoms with Gasteiger partial charge in [-0.3, -0.25) is 0 Å². The van der Waals surface area contributed by atoms with Gasteiger partial charge in [0.1, 0.15) is 5.58 Å². The standard InChI is InChI=1S/C15H13NO5/c1-15(2)20-13(17)10(14(18)21-15)8-16-11-4-3-5-12-9(11)6-7-19-12/h3-8,16H,1-2H3. The first-order chi connectivity index (χ1) is 9.96. The zero-order valence-electron chi connectivity index (χ0n) is 11.5. The summed E-state index contributed by atoms with van der Waals surface area (Å²) in [5, 5.41) is 3.75. The highest BCUT2D eigenvalue weighted by Crippen LogP contribution is 2.26. The summed E-state index contributed by atoms with van der Waals surface area (Å²) in [4.78, 5) is 23.6. The van der Waals surface area contributed by atoms with Gasteiger partial charge in [-0.05, 0) is 18.2 Å². The number of hydrogen-bond donors (Lipinski definition) is 1. The molecule has 3 rings (SSSR count). The van der Waals surface area contributed by atoms with E-state index in [1.54, 1.807) is 24.5 Å². The Hall–Kier alpha value is -2.76. The molecular formula is C15H13NO5. The number of nitrogens with one attached hydrogen (secondary N) is 1. The molecule has 1 aliphatic heterocycles. The second kappa shape index (κ2) is 4.66. The number of esters is 2. The van der Waals surface area contributed by atoms with E-state index in [0.717, 1.165) is 5.39 Å². The van der Waals surface area contributed by atoms with Crippen LogP contribution in [0.2, 0.25) is 0 Å². The molecule has 0 saturated carbocycles. The van der Waals surface area contributed by atoms with Crippen LogP contribution >= 0.6 is 0 Å². The van der Waals surface area contributed by atoms with Crippen LogP contribution in [-0.4, -0.2) is 17.7 Å². The lowest BCUT2D eigenvalue weighted by molar-refractivity contribution is -0.222. The number of hydrogen-bond acceptors (Lipinski definition) is 6. The van der Waals surface area contributed by atoms with Crippen molar-refractivity contribution in [3.63, 3.8) is 0 Å². The summed E-state index contributed by atoms with van der Waals surface area (Å²) < 4.78 is 15.3. The minimum Gasteiger partial charge on any atom is -0.464 e. The number of cyclic esters (lactones) is 2. The lowest BCUT2D eigenvalue weighted by atomic mass is 10.2. The smallest absolute Gasteiger partial charge is 0.350 e. The van der Waals surface area contributed by atoms with Gasteiger partial charge < -0.3 is 19.2 Å². The van der Waals surface area contributed by atoms with E-state index in [-0.39, 0.29) is 5.57 Å². The second-order valence-electron chi connectivity index (χ2n) is 5.02. The number of carbonyl (C=O) groups is 2. The second-order valence-corrected chi connectivity index (χ2v) is 5.02. The fraction of sp³-hybridized carbons (Fsp3) is 0.200. The molecule has 1 aliphatic rings. The number of fused-ring (bicyclic) bond motifs is 1. The van der Waals surface area contributed by atoms with Gasteiger partial charge in [-0.2, -0.15) is 0 Å². The molecule has 1 aromatic heterocycles. The van der Waals surface area contributed by atoms with Crippen LogP contribution < -0.4 is 5.32 Å². The molecule has 2 aromatic rings. The van der Waals surface area contributed by atoms with Gasteiger partial charge in [0, 0.05) is 31.1 Å². The summed E-state index contributed by atoms with van der Waals surface area (Å²) in [6.45, 7) is 3.00. The van der Waals surface area contributed by atoms with E-state index in [2.05, 4.69) is 5.32 Å². The number of ether oxygens (including phenoxy) is 2. The lowest BCUT2D eigenvalue weighted by Crippen LogP contribution is -2.42. The summed E-state index contributed by atoms with van der Waals surface area (Å²) in [5.41, 5.74) is 1.22. The zero-order valence-corrected chi connectivity index (χ0v) is 11.5. The molecule has 1 N–H and O–H groups in total. The molecule has 0 unspecified atom stereocenters. The predicted molar refractivity (Wildman–Crippen MR) is 74.2 cm³/mol. The van der Waals surface area contributed by atoms with Gasteiger partial charge in [0.15, 0.2) is 5.57 Å². The Morgan fingerprint density at radius 3 is 2.52 bits per heavy atom. The SMILES string of the molecule is CC1(C)OC(=O)C(=CNc2cccc3occc23)C(=O)O1. The van der Waals surface area contributed by atoms with E-state index in [1.165, 1.54) is 20.0 Å². The Morgan fingerprint density at radius 1 is 1.10 bits per heavy atom. The minimum absolute atomic E-state index is 0.185. The van der Waals surface area contributed by atoms with E-state index >= 15 is 0 Å². The third kappa shape index (κ3) is 2.47. The van der Waals surface area contributed by atoms with Crippen molar-refractivity contribution >= 4 is 28.6 Å². The Bertz CT molecular complexity index is 734. The molecule has 6 heteroatoms. The Labute approximate surface area is 120 Å². The number of carbonyl (C=O) groups excluding carboxylic acids is 2. The van der Waals surface area contributed by atoms with E-state index in [0.29, 0.717) is 11.3 Å². The van der Waals surface area contributed by atoms with Crippen LogP contribution in [0.5, 0.6) is 0 Å². The van der Waals surface area contributed by atoms with Gasteiger partial charge >= 0.3 is 11.9 Å². The first-order valence-electron chi connectivity index (χ1n) is 6.36. The maximum atomic E-state index is 11.8. The predicted octanol–water partition coefficient (Wildman–Crippen LogP) is 2.56. The van der Waals surface area contributed by atoms with Crippen molar-refractivity contribution in [1.29, 1.82) is 0 Å². The van der Waals surface area contributed by atoms with E-state index in [4.69, 9.17) is 13.9 Å². The number of furan rings is 1. The minimum atomic E-state index is -1.24. The largest absolute Gasteiger partial charge is 0.464 e. The van der Waals surface area contributed by atoms with Crippen LogP contribution in [-0.2, 0) is 19.1 Å². The Morgan fingerprint density at radius 2 is 1.81 bits per heavy atom.